The summed E-state index contributed by atoms with van der Waals surface area (Å²) in [6.07, 6.45) is 0. The molecule has 2 nitrogen and oxygen atoms in total. The minimum absolute atomic E-state index is 0.132. The summed E-state index contributed by atoms with van der Waals surface area (Å²) < 4.78 is 6.18. The van der Waals surface area contributed by atoms with E-state index in [2.05, 4.69) is 26.1 Å². The largest absolute Gasteiger partial charge is 0.362 e. The second kappa shape index (κ2) is 4.02. The Bertz CT molecular complexity index is 374. The molecule has 3 heteroatoms. The fourth-order valence-corrected chi connectivity index (χ4v) is 2.37. The van der Waals surface area contributed by atoms with Crippen molar-refractivity contribution in [3.8, 4) is 0 Å². The molecule has 1 aliphatic rings. The van der Waals surface area contributed by atoms with Gasteiger partial charge in [-0.25, -0.2) is 0 Å². The predicted molar refractivity (Wildman–Crippen MR) is 66.8 cm³/mol. The number of hydrogen-bond acceptors (Lipinski definition) is 2. The van der Waals surface area contributed by atoms with Gasteiger partial charge in [0.25, 0.3) is 0 Å². The molecule has 1 saturated heterocycles. The summed E-state index contributed by atoms with van der Waals surface area (Å²) in [6, 6.07) is 7.89. The summed E-state index contributed by atoms with van der Waals surface area (Å²) in [6.45, 7) is 8.04. The lowest BCUT2D eigenvalue weighted by Gasteiger charge is -2.44. The average Bonchev–Trinajstić information content (AvgIpc) is 2.16. The molecular formula is C13H18ClNO. The minimum atomic E-state index is -0.271. The first-order valence-electron chi connectivity index (χ1n) is 5.58. The van der Waals surface area contributed by atoms with Crippen LogP contribution in [0.5, 0.6) is 0 Å². The molecule has 16 heavy (non-hydrogen) atoms. The van der Waals surface area contributed by atoms with Crippen molar-refractivity contribution < 1.29 is 4.74 Å². The van der Waals surface area contributed by atoms with E-state index in [1.807, 2.05) is 24.3 Å². The van der Waals surface area contributed by atoms with Crippen LogP contribution in [0.15, 0.2) is 24.3 Å². The highest BCUT2D eigenvalue weighted by atomic mass is 35.5. The average molecular weight is 240 g/mol. The van der Waals surface area contributed by atoms with Crippen molar-refractivity contribution in [3.63, 3.8) is 0 Å². The Labute approximate surface area is 102 Å². The van der Waals surface area contributed by atoms with Gasteiger partial charge in [-0.2, -0.15) is 0 Å². The van der Waals surface area contributed by atoms with Gasteiger partial charge in [0.05, 0.1) is 5.60 Å². The second-order valence-corrected chi connectivity index (χ2v) is 5.64. The second-order valence-electron chi connectivity index (χ2n) is 5.20. The van der Waals surface area contributed by atoms with Crippen LogP contribution in [0.3, 0.4) is 0 Å². The van der Waals surface area contributed by atoms with Gasteiger partial charge in [0, 0.05) is 18.1 Å². The van der Waals surface area contributed by atoms with Crippen molar-refractivity contribution >= 4 is 11.6 Å². The molecule has 0 amide bonds. The zero-order valence-electron chi connectivity index (χ0n) is 10.0. The highest BCUT2D eigenvalue weighted by molar-refractivity contribution is 6.30. The van der Waals surface area contributed by atoms with Crippen molar-refractivity contribution in [3.05, 3.63) is 34.9 Å². The molecule has 0 saturated carbocycles. The topological polar surface area (TPSA) is 21.3 Å². The molecule has 1 unspecified atom stereocenters. The van der Waals surface area contributed by atoms with E-state index in [-0.39, 0.29) is 11.2 Å². The first kappa shape index (κ1) is 11.9. The Morgan fingerprint density at radius 3 is 2.31 bits per heavy atom. The van der Waals surface area contributed by atoms with E-state index in [1.165, 1.54) is 0 Å². The molecule has 88 valence electrons. The van der Waals surface area contributed by atoms with Gasteiger partial charge in [0.2, 0.25) is 0 Å². The Balaban J connectivity index is 2.27. The standard InChI is InChI=1S/C13H18ClNO/c1-12(2)8-15-9-13(3,16-12)10-4-6-11(14)7-5-10/h4-7,15H,8-9H2,1-3H3. The molecule has 0 aromatic heterocycles. The zero-order valence-corrected chi connectivity index (χ0v) is 10.8. The van der Waals surface area contributed by atoms with Crippen LogP contribution in [0.4, 0.5) is 0 Å². The maximum absolute atomic E-state index is 6.18. The zero-order chi connectivity index (χ0) is 11.8. The molecule has 1 heterocycles. The summed E-state index contributed by atoms with van der Waals surface area (Å²) in [5.74, 6) is 0. The Morgan fingerprint density at radius 1 is 1.12 bits per heavy atom. The lowest BCUT2D eigenvalue weighted by Crippen LogP contribution is -2.55. The molecular weight excluding hydrogens is 222 g/mol. The van der Waals surface area contributed by atoms with E-state index in [0.717, 1.165) is 23.7 Å². The van der Waals surface area contributed by atoms with Crippen molar-refractivity contribution in [1.29, 1.82) is 0 Å². The fraction of sp³-hybridized carbons (Fsp3) is 0.538. The smallest absolute Gasteiger partial charge is 0.103 e. The first-order chi connectivity index (χ1) is 7.41. The molecule has 0 spiro atoms. The molecule has 0 bridgehead atoms. The normalized spacial score (nSPS) is 29.0. The van der Waals surface area contributed by atoms with Crippen LogP contribution < -0.4 is 5.32 Å². The number of morpholine rings is 1. The van der Waals surface area contributed by atoms with E-state index in [4.69, 9.17) is 16.3 Å². The molecule has 0 aliphatic carbocycles. The SMILES string of the molecule is CC1(C)CNCC(C)(c2ccc(Cl)cc2)O1. The van der Waals surface area contributed by atoms with Crippen LogP contribution in [0.1, 0.15) is 26.3 Å². The van der Waals surface area contributed by atoms with Crippen molar-refractivity contribution in [1.82, 2.24) is 5.32 Å². The van der Waals surface area contributed by atoms with Gasteiger partial charge >= 0.3 is 0 Å². The molecule has 1 aliphatic heterocycles. The molecule has 2 rings (SSSR count). The Hall–Kier alpha value is -0.570. The van der Waals surface area contributed by atoms with Crippen molar-refractivity contribution in [2.45, 2.75) is 32.0 Å². The van der Waals surface area contributed by atoms with Crippen LogP contribution in [-0.4, -0.2) is 18.7 Å². The highest BCUT2D eigenvalue weighted by Gasteiger charge is 2.38. The fourth-order valence-electron chi connectivity index (χ4n) is 2.25. The third kappa shape index (κ3) is 2.40. The number of halogens is 1. The van der Waals surface area contributed by atoms with E-state index >= 15 is 0 Å². The first-order valence-corrected chi connectivity index (χ1v) is 5.96. The molecule has 1 atom stereocenters. The summed E-state index contributed by atoms with van der Waals surface area (Å²) in [4.78, 5) is 0. The molecule has 1 fully saturated rings. The number of hydrogen-bond donors (Lipinski definition) is 1. The van der Waals surface area contributed by atoms with Gasteiger partial charge < -0.3 is 10.1 Å². The van der Waals surface area contributed by atoms with Crippen LogP contribution in [0, 0.1) is 0 Å². The van der Waals surface area contributed by atoms with Gasteiger partial charge in [0.15, 0.2) is 0 Å². The molecule has 0 radical (unpaired) electrons. The maximum atomic E-state index is 6.18. The summed E-state index contributed by atoms with van der Waals surface area (Å²) in [7, 11) is 0. The van der Waals surface area contributed by atoms with Crippen molar-refractivity contribution in [2.24, 2.45) is 0 Å². The van der Waals surface area contributed by atoms with Gasteiger partial charge in [-0.05, 0) is 38.5 Å². The lowest BCUT2D eigenvalue weighted by atomic mass is 9.91. The minimum Gasteiger partial charge on any atom is -0.362 e. The number of rotatable bonds is 1. The van der Waals surface area contributed by atoms with Gasteiger partial charge in [-0.1, -0.05) is 23.7 Å². The molecule has 1 aromatic rings. The Morgan fingerprint density at radius 2 is 1.75 bits per heavy atom. The van der Waals surface area contributed by atoms with Gasteiger partial charge in [-0.15, -0.1) is 0 Å². The third-order valence-corrected chi connectivity index (χ3v) is 3.22. The summed E-state index contributed by atoms with van der Waals surface area (Å²) in [5.41, 5.74) is 0.760. The number of benzene rings is 1. The maximum Gasteiger partial charge on any atom is 0.103 e. The molecule has 1 aromatic carbocycles. The van der Waals surface area contributed by atoms with Gasteiger partial charge in [0.1, 0.15) is 5.60 Å². The van der Waals surface area contributed by atoms with Crippen LogP contribution in [0.2, 0.25) is 5.02 Å². The summed E-state index contributed by atoms with van der Waals surface area (Å²) in [5, 5.41) is 4.18. The number of nitrogens with one attached hydrogen (secondary N) is 1. The van der Waals surface area contributed by atoms with Crippen LogP contribution >= 0.6 is 11.6 Å². The van der Waals surface area contributed by atoms with Gasteiger partial charge in [-0.3, -0.25) is 0 Å². The number of ether oxygens (including phenoxy) is 1. The molecule has 1 N–H and O–H groups in total. The Kier molecular flexibility index (Phi) is 2.99. The van der Waals surface area contributed by atoms with E-state index < -0.39 is 0 Å². The lowest BCUT2D eigenvalue weighted by molar-refractivity contribution is -0.157. The quantitative estimate of drug-likeness (QED) is 0.814. The predicted octanol–water partition coefficient (Wildman–Crippen LogP) is 2.95. The summed E-state index contributed by atoms with van der Waals surface area (Å²) >= 11 is 5.90. The van der Waals surface area contributed by atoms with Crippen LogP contribution in [0.25, 0.3) is 0 Å². The van der Waals surface area contributed by atoms with Crippen LogP contribution in [-0.2, 0) is 10.3 Å². The van der Waals surface area contributed by atoms with E-state index in [0.29, 0.717) is 0 Å². The highest BCUT2D eigenvalue weighted by Crippen LogP contribution is 2.33. The van der Waals surface area contributed by atoms with E-state index in [1.54, 1.807) is 0 Å². The third-order valence-electron chi connectivity index (χ3n) is 2.97. The van der Waals surface area contributed by atoms with Crippen molar-refractivity contribution in [2.75, 3.05) is 13.1 Å². The van der Waals surface area contributed by atoms with E-state index in [9.17, 15) is 0 Å². The monoisotopic (exact) mass is 239 g/mol.